The van der Waals surface area contributed by atoms with Gasteiger partial charge in [-0.15, -0.1) is 0 Å². The minimum atomic E-state index is -0.327. The zero-order valence-corrected chi connectivity index (χ0v) is 13.8. The quantitative estimate of drug-likeness (QED) is 0.555. The molecule has 0 aliphatic carbocycles. The predicted molar refractivity (Wildman–Crippen MR) is 98.2 cm³/mol. The first kappa shape index (κ1) is 16.5. The van der Waals surface area contributed by atoms with Gasteiger partial charge in [0.1, 0.15) is 11.5 Å². The molecule has 3 aromatic rings. The molecule has 0 spiro atoms. The van der Waals surface area contributed by atoms with Crippen LogP contribution in [0.4, 0.5) is 0 Å². The van der Waals surface area contributed by atoms with Crippen molar-refractivity contribution in [3.63, 3.8) is 0 Å². The van der Waals surface area contributed by atoms with Crippen molar-refractivity contribution in [2.45, 2.75) is 0 Å². The molecular weight excluding hydrogens is 316 g/mol. The Kier molecular flexibility index (Phi) is 5.26. The van der Waals surface area contributed by atoms with Crippen LogP contribution in [-0.2, 0) is 4.79 Å². The van der Waals surface area contributed by atoms with E-state index in [9.17, 15) is 4.79 Å². The fraction of sp³-hybridized carbons (Fsp3) is 0.100. The molecule has 0 saturated heterocycles. The summed E-state index contributed by atoms with van der Waals surface area (Å²) in [6.45, 7) is -0.112. The molecule has 0 fully saturated rings. The normalized spacial score (nSPS) is 10.8. The molecule has 0 bridgehead atoms. The molecular formula is C20H18N2O3. The first-order chi connectivity index (χ1) is 12.3. The van der Waals surface area contributed by atoms with Crippen LogP contribution in [0.3, 0.4) is 0 Å². The number of carbonyl (C=O) groups is 1. The van der Waals surface area contributed by atoms with Crippen molar-refractivity contribution in [2.75, 3.05) is 13.7 Å². The van der Waals surface area contributed by atoms with Crippen molar-refractivity contribution in [1.29, 1.82) is 0 Å². The Morgan fingerprint density at radius 2 is 1.72 bits per heavy atom. The van der Waals surface area contributed by atoms with E-state index in [2.05, 4.69) is 10.5 Å². The van der Waals surface area contributed by atoms with Crippen molar-refractivity contribution >= 4 is 22.9 Å². The lowest BCUT2D eigenvalue weighted by Gasteiger charge is -2.06. The molecule has 0 aromatic heterocycles. The molecule has 3 rings (SSSR count). The number of nitrogens with one attached hydrogen (secondary N) is 1. The highest BCUT2D eigenvalue weighted by atomic mass is 16.5. The van der Waals surface area contributed by atoms with Gasteiger partial charge in [-0.1, -0.05) is 42.5 Å². The van der Waals surface area contributed by atoms with Gasteiger partial charge in [-0.3, -0.25) is 4.79 Å². The van der Waals surface area contributed by atoms with E-state index < -0.39 is 0 Å². The second-order valence-electron chi connectivity index (χ2n) is 5.33. The van der Waals surface area contributed by atoms with E-state index in [0.29, 0.717) is 5.75 Å². The lowest BCUT2D eigenvalue weighted by atomic mass is 10.1. The number of nitrogens with zero attached hydrogens (tertiary/aromatic N) is 1. The maximum Gasteiger partial charge on any atom is 0.277 e. The Bertz CT molecular complexity index is 884. The van der Waals surface area contributed by atoms with Crippen molar-refractivity contribution in [3.05, 3.63) is 72.3 Å². The maximum atomic E-state index is 11.8. The van der Waals surface area contributed by atoms with E-state index >= 15 is 0 Å². The zero-order chi connectivity index (χ0) is 17.5. The zero-order valence-electron chi connectivity index (χ0n) is 13.8. The summed E-state index contributed by atoms with van der Waals surface area (Å²) >= 11 is 0. The molecule has 126 valence electrons. The fourth-order valence-electron chi connectivity index (χ4n) is 2.39. The Hall–Kier alpha value is -3.34. The van der Waals surface area contributed by atoms with Gasteiger partial charge < -0.3 is 9.47 Å². The SMILES string of the molecule is COc1ccc(OCC(=O)NN=Cc2cccc3ccccc23)cc1. The van der Waals surface area contributed by atoms with Crippen molar-refractivity contribution in [2.24, 2.45) is 5.10 Å². The fourth-order valence-corrected chi connectivity index (χ4v) is 2.39. The van der Waals surface area contributed by atoms with Crippen molar-refractivity contribution in [3.8, 4) is 11.5 Å². The van der Waals surface area contributed by atoms with Crippen LogP contribution in [0.2, 0.25) is 0 Å². The van der Waals surface area contributed by atoms with Crippen molar-refractivity contribution in [1.82, 2.24) is 5.43 Å². The first-order valence-electron chi connectivity index (χ1n) is 7.83. The third-order valence-electron chi connectivity index (χ3n) is 3.65. The highest BCUT2D eigenvalue weighted by molar-refractivity contribution is 5.99. The Labute approximate surface area is 145 Å². The minimum absolute atomic E-state index is 0.112. The third-order valence-corrected chi connectivity index (χ3v) is 3.65. The second kappa shape index (κ2) is 7.97. The molecule has 5 nitrogen and oxygen atoms in total. The smallest absolute Gasteiger partial charge is 0.277 e. The van der Waals surface area contributed by atoms with Gasteiger partial charge in [0.05, 0.1) is 13.3 Å². The minimum Gasteiger partial charge on any atom is -0.497 e. The Balaban J connectivity index is 1.55. The van der Waals surface area contributed by atoms with Crippen LogP contribution in [0.15, 0.2) is 71.8 Å². The Morgan fingerprint density at radius 3 is 2.52 bits per heavy atom. The van der Waals surface area contributed by atoms with Gasteiger partial charge >= 0.3 is 0 Å². The van der Waals surface area contributed by atoms with Gasteiger partial charge in [-0.05, 0) is 35.0 Å². The molecule has 25 heavy (non-hydrogen) atoms. The topological polar surface area (TPSA) is 59.9 Å². The Morgan fingerprint density at radius 1 is 1.00 bits per heavy atom. The largest absolute Gasteiger partial charge is 0.497 e. The summed E-state index contributed by atoms with van der Waals surface area (Å²) in [6.07, 6.45) is 1.63. The molecule has 0 saturated carbocycles. The first-order valence-corrected chi connectivity index (χ1v) is 7.83. The third kappa shape index (κ3) is 4.35. The number of rotatable bonds is 6. The van der Waals surface area contributed by atoms with E-state index in [0.717, 1.165) is 22.1 Å². The number of ether oxygens (including phenoxy) is 2. The average molecular weight is 334 g/mol. The summed E-state index contributed by atoms with van der Waals surface area (Å²) in [5.74, 6) is 0.998. The number of benzene rings is 3. The van der Waals surface area contributed by atoms with E-state index in [4.69, 9.17) is 9.47 Å². The number of fused-ring (bicyclic) bond motifs is 1. The number of carbonyl (C=O) groups excluding carboxylic acids is 1. The molecule has 0 aliphatic rings. The lowest BCUT2D eigenvalue weighted by Crippen LogP contribution is -2.24. The van der Waals surface area contributed by atoms with Gasteiger partial charge in [0.15, 0.2) is 6.61 Å². The molecule has 0 radical (unpaired) electrons. The maximum absolute atomic E-state index is 11.8. The van der Waals surface area contributed by atoms with Crippen LogP contribution in [-0.4, -0.2) is 25.8 Å². The van der Waals surface area contributed by atoms with E-state index in [-0.39, 0.29) is 12.5 Å². The van der Waals surface area contributed by atoms with Gasteiger partial charge in [0.2, 0.25) is 0 Å². The summed E-state index contributed by atoms with van der Waals surface area (Å²) in [6, 6.07) is 21.0. The van der Waals surface area contributed by atoms with Gasteiger partial charge in [-0.2, -0.15) is 5.10 Å². The molecule has 0 atom stereocenters. The summed E-state index contributed by atoms with van der Waals surface area (Å²) in [7, 11) is 1.59. The van der Waals surface area contributed by atoms with Gasteiger partial charge in [0.25, 0.3) is 5.91 Å². The summed E-state index contributed by atoms with van der Waals surface area (Å²) in [4.78, 5) is 11.8. The molecule has 1 N–H and O–H groups in total. The number of hydrogen-bond acceptors (Lipinski definition) is 4. The molecule has 0 unspecified atom stereocenters. The summed E-state index contributed by atoms with van der Waals surface area (Å²) < 4.78 is 10.5. The van der Waals surface area contributed by atoms with E-state index in [1.54, 1.807) is 37.6 Å². The number of methoxy groups -OCH3 is 1. The van der Waals surface area contributed by atoms with Crippen LogP contribution in [0, 0.1) is 0 Å². The van der Waals surface area contributed by atoms with Gasteiger partial charge in [0, 0.05) is 5.56 Å². The summed E-state index contributed by atoms with van der Waals surface area (Å²) in [5.41, 5.74) is 3.41. The average Bonchev–Trinajstić information content (AvgIpc) is 2.67. The van der Waals surface area contributed by atoms with Crippen LogP contribution in [0.5, 0.6) is 11.5 Å². The number of hydrogen-bond donors (Lipinski definition) is 1. The van der Waals surface area contributed by atoms with Crippen molar-refractivity contribution < 1.29 is 14.3 Å². The molecule has 0 heterocycles. The highest BCUT2D eigenvalue weighted by Gasteiger charge is 2.02. The number of amides is 1. The highest BCUT2D eigenvalue weighted by Crippen LogP contribution is 2.17. The van der Waals surface area contributed by atoms with Crippen LogP contribution in [0.25, 0.3) is 10.8 Å². The number of hydrazone groups is 1. The monoisotopic (exact) mass is 334 g/mol. The van der Waals surface area contributed by atoms with E-state index in [1.807, 2.05) is 42.5 Å². The molecule has 3 aromatic carbocycles. The summed E-state index contributed by atoms with van der Waals surface area (Å²) in [5, 5.41) is 6.21. The van der Waals surface area contributed by atoms with E-state index in [1.165, 1.54) is 0 Å². The van der Waals surface area contributed by atoms with Crippen LogP contribution < -0.4 is 14.9 Å². The van der Waals surface area contributed by atoms with Crippen LogP contribution >= 0.6 is 0 Å². The molecule has 5 heteroatoms. The standard InChI is InChI=1S/C20H18N2O3/c1-24-17-9-11-18(12-10-17)25-14-20(23)22-21-13-16-7-4-6-15-5-2-3-8-19(15)16/h2-13H,14H2,1H3,(H,22,23). The predicted octanol–water partition coefficient (Wildman–Crippen LogP) is 3.38. The second-order valence-corrected chi connectivity index (χ2v) is 5.33. The van der Waals surface area contributed by atoms with Crippen LogP contribution in [0.1, 0.15) is 5.56 Å². The lowest BCUT2D eigenvalue weighted by molar-refractivity contribution is -0.123. The van der Waals surface area contributed by atoms with Gasteiger partial charge in [-0.25, -0.2) is 5.43 Å². The molecule has 0 aliphatic heterocycles. The molecule has 1 amide bonds.